The molecule has 12 aromatic rings. The number of para-hydroxylation sites is 2. The van der Waals surface area contributed by atoms with Crippen molar-refractivity contribution in [2.45, 2.75) is 0 Å². The number of ether oxygens (including phenoxy) is 1. The maximum absolute atomic E-state index is 6.64. The van der Waals surface area contributed by atoms with E-state index in [1.165, 1.54) is 0 Å². The van der Waals surface area contributed by atoms with Crippen molar-refractivity contribution >= 4 is 87.5 Å². The van der Waals surface area contributed by atoms with Gasteiger partial charge in [0.05, 0.1) is 0 Å². The average Bonchev–Trinajstić information content (AvgIpc) is 3.95. The van der Waals surface area contributed by atoms with Crippen LogP contribution in [0.15, 0.2) is 155 Å². The van der Waals surface area contributed by atoms with E-state index in [0.717, 1.165) is 99.1 Å². The fraction of sp³-hybridized carbons (Fsp3) is 0. The van der Waals surface area contributed by atoms with Gasteiger partial charge < -0.3 is 22.7 Å². The Morgan fingerprint density at radius 1 is 0.426 bits per heavy atom. The zero-order chi connectivity index (χ0) is 34.6. The van der Waals surface area contributed by atoms with Gasteiger partial charge in [0.2, 0.25) is 0 Å². The first kappa shape index (κ1) is 30.9. The van der Waals surface area contributed by atoms with Gasteiger partial charge in [-0.15, -0.1) is 35.0 Å². The molecule has 7 nitrogen and oxygen atoms in total. The number of aromatic nitrogens is 4. The zero-order valence-electron chi connectivity index (χ0n) is 28.2. The Hall–Kier alpha value is -6.69. The van der Waals surface area contributed by atoms with E-state index in [2.05, 4.69) is 57.7 Å². The fourth-order valence-corrected chi connectivity index (χ4v) is 8.14. The first-order valence-corrected chi connectivity index (χ1v) is 17.4. The molecule has 256 valence electrons. The van der Waals surface area contributed by atoms with Gasteiger partial charge in [0.25, 0.3) is 0 Å². The fourth-order valence-electron chi connectivity index (χ4n) is 8.14. The first-order chi connectivity index (χ1) is 26.3. The molecule has 0 aliphatic rings. The Bertz CT molecular complexity index is 3200. The van der Waals surface area contributed by atoms with Gasteiger partial charge in [-0.2, -0.15) is 12.1 Å². The Kier molecular flexibility index (Phi) is 6.67. The average molecular weight is 876 g/mol. The summed E-state index contributed by atoms with van der Waals surface area (Å²) in [6.45, 7) is 0. The van der Waals surface area contributed by atoms with Crippen LogP contribution in [0.3, 0.4) is 0 Å². The van der Waals surface area contributed by atoms with E-state index in [4.69, 9.17) is 23.5 Å². The van der Waals surface area contributed by atoms with Crippen LogP contribution in [0.2, 0.25) is 0 Å². The molecule has 0 N–H and O–H groups in total. The third-order valence-electron chi connectivity index (χ3n) is 10.3. The van der Waals surface area contributed by atoms with Crippen LogP contribution < -0.4 is 4.74 Å². The molecule has 0 aliphatic heterocycles. The van der Waals surface area contributed by atoms with Gasteiger partial charge in [0.15, 0.2) is 0 Å². The molecule has 12 rings (SSSR count). The van der Waals surface area contributed by atoms with Gasteiger partial charge in [-0.1, -0.05) is 59.6 Å². The summed E-state index contributed by atoms with van der Waals surface area (Å²) in [4.78, 5) is 9.50. The van der Waals surface area contributed by atoms with Crippen LogP contribution in [0.5, 0.6) is 11.5 Å². The van der Waals surface area contributed by atoms with Gasteiger partial charge >= 0.3 is 21.1 Å². The van der Waals surface area contributed by atoms with Crippen LogP contribution in [0.1, 0.15) is 0 Å². The standard InChI is InChI=1S/C46H24N4O3.Pt/c1-3-11-37-31(9-1)45-39(52-37)21-19-33-43(45)29-17-15-27(25-35(29)49(33)41-13-5-7-23-47-41)51-28-16-18-30-36(26-28)50(42-14-6-8-24-48-42)34-20-22-40-46(44(30)34)32-10-2-4-12-38(32)53-40;/h1-24H;/q-2;+2. The Balaban J connectivity index is 0.00000341. The SMILES string of the molecule is [Pt+2].[c-]1c(Oc2[c-]c3c(cc2)c2c4c(ccc2n3-c2ccccn2)oc2ccccc24)ccc2c3c4c(ccc3n(-c3ccccn3)c12)oc1ccccc14. The molecule has 0 spiro atoms. The van der Waals surface area contributed by atoms with E-state index >= 15 is 0 Å². The number of furan rings is 2. The minimum absolute atomic E-state index is 0. The predicted molar refractivity (Wildman–Crippen MR) is 209 cm³/mol. The monoisotopic (exact) mass is 875 g/mol. The summed E-state index contributed by atoms with van der Waals surface area (Å²) in [5.41, 5.74) is 7.12. The maximum Gasteiger partial charge on any atom is 2.00 e. The molecule has 0 saturated carbocycles. The van der Waals surface area contributed by atoms with Gasteiger partial charge in [-0.05, 0) is 71.4 Å². The number of pyridine rings is 2. The van der Waals surface area contributed by atoms with Crippen molar-refractivity contribution in [1.82, 2.24) is 19.1 Å². The van der Waals surface area contributed by atoms with Crippen LogP contribution >= 0.6 is 0 Å². The van der Waals surface area contributed by atoms with Crippen LogP contribution in [0, 0.1) is 12.1 Å². The molecule has 6 heterocycles. The normalized spacial score (nSPS) is 11.9. The minimum atomic E-state index is 0. The van der Waals surface area contributed by atoms with Gasteiger partial charge in [-0.25, -0.2) is 9.97 Å². The number of nitrogens with zero attached hydrogens (tertiary/aromatic N) is 4. The zero-order valence-corrected chi connectivity index (χ0v) is 30.5. The molecule has 0 aliphatic carbocycles. The summed E-state index contributed by atoms with van der Waals surface area (Å²) in [6, 6.07) is 51.9. The number of hydrogen-bond acceptors (Lipinski definition) is 5. The quantitative estimate of drug-likeness (QED) is 0.165. The predicted octanol–water partition coefficient (Wildman–Crippen LogP) is 11.9. The largest absolute Gasteiger partial charge is 2.00 e. The molecule has 6 aromatic heterocycles. The molecule has 0 saturated heterocycles. The van der Waals surface area contributed by atoms with Crippen molar-refractivity contribution in [2.75, 3.05) is 0 Å². The van der Waals surface area contributed by atoms with Crippen molar-refractivity contribution in [3.63, 3.8) is 0 Å². The second-order valence-corrected chi connectivity index (χ2v) is 13.2. The van der Waals surface area contributed by atoms with Gasteiger partial charge in [0, 0.05) is 56.5 Å². The Labute approximate surface area is 320 Å². The molecule has 6 aromatic carbocycles. The molecule has 8 heteroatoms. The molecule has 0 atom stereocenters. The third-order valence-corrected chi connectivity index (χ3v) is 10.3. The van der Waals surface area contributed by atoms with E-state index < -0.39 is 0 Å². The molecule has 0 amide bonds. The van der Waals surface area contributed by atoms with E-state index in [0.29, 0.717) is 11.5 Å². The molecular weight excluding hydrogens is 852 g/mol. The second kappa shape index (κ2) is 11.7. The van der Waals surface area contributed by atoms with Gasteiger partial charge in [0.1, 0.15) is 34.0 Å². The van der Waals surface area contributed by atoms with Crippen LogP contribution in [0.25, 0.3) is 99.1 Å². The van der Waals surface area contributed by atoms with Crippen LogP contribution in [-0.2, 0) is 21.1 Å². The number of rotatable bonds is 4. The smallest absolute Gasteiger partial charge is 0.509 e. The molecule has 0 fully saturated rings. The van der Waals surface area contributed by atoms with E-state index in [1.54, 1.807) is 0 Å². The Morgan fingerprint density at radius 3 is 1.35 bits per heavy atom. The summed E-state index contributed by atoms with van der Waals surface area (Å²) in [5.74, 6) is 2.70. The van der Waals surface area contributed by atoms with Crippen molar-refractivity contribution in [3.8, 4) is 23.1 Å². The van der Waals surface area contributed by atoms with Crippen molar-refractivity contribution < 1.29 is 34.6 Å². The number of benzene rings is 6. The first-order valence-electron chi connectivity index (χ1n) is 17.4. The molecule has 0 unspecified atom stereocenters. The molecular formula is C46H24N4O3Pt. The topological polar surface area (TPSA) is 71.2 Å². The maximum atomic E-state index is 6.64. The minimum Gasteiger partial charge on any atom is -0.509 e. The van der Waals surface area contributed by atoms with Crippen LogP contribution in [0.4, 0.5) is 0 Å². The van der Waals surface area contributed by atoms with Crippen molar-refractivity contribution in [2.24, 2.45) is 0 Å². The summed E-state index contributed by atoms with van der Waals surface area (Å²) in [7, 11) is 0. The molecule has 0 bridgehead atoms. The van der Waals surface area contributed by atoms with E-state index in [1.807, 2.05) is 109 Å². The summed E-state index contributed by atoms with van der Waals surface area (Å²) >= 11 is 0. The number of hydrogen-bond donors (Lipinski definition) is 0. The summed E-state index contributed by atoms with van der Waals surface area (Å²) < 4.78 is 23.5. The van der Waals surface area contributed by atoms with Crippen molar-refractivity contribution in [1.29, 1.82) is 0 Å². The van der Waals surface area contributed by atoms with E-state index in [9.17, 15) is 0 Å². The Morgan fingerprint density at radius 2 is 0.889 bits per heavy atom. The van der Waals surface area contributed by atoms with Crippen molar-refractivity contribution in [3.05, 3.63) is 158 Å². The van der Waals surface area contributed by atoms with Gasteiger partial charge in [-0.3, -0.25) is 0 Å². The second-order valence-electron chi connectivity index (χ2n) is 13.2. The summed E-state index contributed by atoms with van der Waals surface area (Å²) in [5, 5.41) is 8.51. The van der Waals surface area contributed by atoms with E-state index in [-0.39, 0.29) is 21.1 Å². The molecule has 54 heavy (non-hydrogen) atoms. The molecule has 0 radical (unpaired) electrons. The number of fused-ring (bicyclic) bond motifs is 14. The van der Waals surface area contributed by atoms with Crippen LogP contribution in [-0.4, -0.2) is 19.1 Å². The summed E-state index contributed by atoms with van der Waals surface area (Å²) in [6.07, 6.45) is 3.62. The third kappa shape index (κ3) is 4.33.